The van der Waals surface area contributed by atoms with Crippen LogP contribution in [0.3, 0.4) is 0 Å². The second-order valence-corrected chi connectivity index (χ2v) is 5.86. The van der Waals surface area contributed by atoms with Gasteiger partial charge >= 0.3 is 0 Å². The van der Waals surface area contributed by atoms with Crippen LogP contribution in [0, 0.1) is 0 Å². The SMILES string of the molecule is O=C(CCCC1CSCCN1)N1CCCC1. The molecule has 0 aromatic rings. The van der Waals surface area contributed by atoms with Crippen molar-refractivity contribution >= 4 is 17.7 Å². The van der Waals surface area contributed by atoms with Crippen molar-refractivity contribution in [2.75, 3.05) is 31.1 Å². The maximum Gasteiger partial charge on any atom is 0.222 e. The van der Waals surface area contributed by atoms with E-state index in [1.807, 2.05) is 16.7 Å². The summed E-state index contributed by atoms with van der Waals surface area (Å²) < 4.78 is 0. The largest absolute Gasteiger partial charge is 0.343 e. The minimum atomic E-state index is 0.376. The standard InChI is InChI=1S/C12H22N2OS/c15-12(14-7-1-2-8-14)5-3-4-11-10-16-9-6-13-11/h11,13H,1-10H2. The molecule has 1 atom stereocenters. The Balaban J connectivity index is 1.57. The van der Waals surface area contributed by atoms with Crippen molar-refractivity contribution in [2.45, 2.75) is 38.1 Å². The molecule has 1 unspecified atom stereocenters. The van der Waals surface area contributed by atoms with Crippen molar-refractivity contribution < 1.29 is 4.79 Å². The number of thioether (sulfide) groups is 1. The summed E-state index contributed by atoms with van der Waals surface area (Å²) in [5.74, 6) is 2.84. The Hall–Kier alpha value is -0.220. The van der Waals surface area contributed by atoms with E-state index >= 15 is 0 Å². The predicted molar refractivity (Wildman–Crippen MR) is 68.8 cm³/mol. The molecule has 0 aromatic heterocycles. The highest BCUT2D eigenvalue weighted by atomic mass is 32.2. The summed E-state index contributed by atoms with van der Waals surface area (Å²) in [7, 11) is 0. The zero-order valence-corrected chi connectivity index (χ0v) is 10.7. The van der Waals surface area contributed by atoms with Gasteiger partial charge in [-0.2, -0.15) is 11.8 Å². The molecule has 1 N–H and O–H groups in total. The molecule has 0 spiro atoms. The van der Waals surface area contributed by atoms with Crippen LogP contribution < -0.4 is 5.32 Å². The van der Waals surface area contributed by atoms with E-state index < -0.39 is 0 Å². The third-order valence-electron chi connectivity index (χ3n) is 3.40. The molecule has 0 saturated carbocycles. The highest BCUT2D eigenvalue weighted by Gasteiger charge is 2.18. The smallest absolute Gasteiger partial charge is 0.222 e. The number of hydrogen-bond donors (Lipinski definition) is 1. The predicted octanol–water partition coefficient (Wildman–Crippen LogP) is 1.48. The number of carbonyl (C=O) groups is 1. The van der Waals surface area contributed by atoms with Gasteiger partial charge in [0.15, 0.2) is 0 Å². The van der Waals surface area contributed by atoms with Crippen molar-refractivity contribution in [3.8, 4) is 0 Å². The Kier molecular flexibility index (Phi) is 4.97. The van der Waals surface area contributed by atoms with Crippen LogP contribution >= 0.6 is 11.8 Å². The third-order valence-corrected chi connectivity index (χ3v) is 4.53. The van der Waals surface area contributed by atoms with Crippen LogP contribution in [0.15, 0.2) is 0 Å². The van der Waals surface area contributed by atoms with Crippen molar-refractivity contribution in [1.82, 2.24) is 10.2 Å². The molecule has 2 heterocycles. The van der Waals surface area contributed by atoms with Crippen LogP contribution in [0.4, 0.5) is 0 Å². The third kappa shape index (κ3) is 3.67. The quantitative estimate of drug-likeness (QED) is 0.810. The average Bonchev–Trinajstić information content (AvgIpc) is 2.84. The first-order chi connectivity index (χ1) is 7.86. The Morgan fingerprint density at radius 1 is 1.38 bits per heavy atom. The number of carbonyl (C=O) groups excluding carboxylic acids is 1. The maximum atomic E-state index is 11.8. The van der Waals surface area contributed by atoms with Gasteiger partial charge in [0.05, 0.1) is 0 Å². The van der Waals surface area contributed by atoms with E-state index in [2.05, 4.69) is 5.32 Å². The number of likely N-dealkylation sites (tertiary alicyclic amines) is 1. The average molecular weight is 242 g/mol. The monoisotopic (exact) mass is 242 g/mol. The number of hydrogen-bond acceptors (Lipinski definition) is 3. The zero-order valence-electron chi connectivity index (χ0n) is 9.91. The minimum Gasteiger partial charge on any atom is -0.343 e. The number of amides is 1. The maximum absolute atomic E-state index is 11.8. The molecule has 2 saturated heterocycles. The summed E-state index contributed by atoms with van der Waals surface area (Å²) in [5, 5.41) is 3.52. The summed E-state index contributed by atoms with van der Waals surface area (Å²) in [6.45, 7) is 3.13. The van der Waals surface area contributed by atoms with Gasteiger partial charge in [0, 0.05) is 43.6 Å². The summed E-state index contributed by atoms with van der Waals surface area (Å²) in [6.07, 6.45) is 5.36. The first-order valence-electron chi connectivity index (χ1n) is 6.45. The lowest BCUT2D eigenvalue weighted by molar-refractivity contribution is -0.130. The molecule has 2 rings (SSSR count). The van der Waals surface area contributed by atoms with Gasteiger partial charge in [-0.05, 0) is 25.7 Å². The molecule has 4 heteroatoms. The molecule has 2 fully saturated rings. The van der Waals surface area contributed by atoms with Crippen LogP contribution in [0.2, 0.25) is 0 Å². The van der Waals surface area contributed by atoms with Gasteiger partial charge in [-0.15, -0.1) is 0 Å². The van der Waals surface area contributed by atoms with E-state index in [1.54, 1.807) is 0 Å². The summed E-state index contributed by atoms with van der Waals surface area (Å²) in [4.78, 5) is 13.8. The van der Waals surface area contributed by atoms with Crippen LogP contribution in [-0.2, 0) is 4.79 Å². The fourth-order valence-corrected chi connectivity index (χ4v) is 3.43. The Labute approximate surface area is 102 Å². The molecule has 16 heavy (non-hydrogen) atoms. The van der Waals surface area contributed by atoms with Gasteiger partial charge in [0.2, 0.25) is 5.91 Å². The highest BCUT2D eigenvalue weighted by molar-refractivity contribution is 7.99. The Morgan fingerprint density at radius 3 is 2.88 bits per heavy atom. The molecular weight excluding hydrogens is 220 g/mol. The van der Waals surface area contributed by atoms with E-state index in [1.165, 1.54) is 24.3 Å². The summed E-state index contributed by atoms with van der Waals surface area (Å²) >= 11 is 2.03. The molecule has 0 aromatic carbocycles. The lowest BCUT2D eigenvalue weighted by Crippen LogP contribution is -2.37. The molecule has 0 bridgehead atoms. The van der Waals surface area contributed by atoms with Gasteiger partial charge < -0.3 is 10.2 Å². The van der Waals surface area contributed by atoms with E-state index in [-0.39, 0.29) is 0 Å². The molecule has 2 aliphatic heterocycles. The van der Waals surface area contributed by atoms with Crippen LogP contribution in [-0.4, -0.2) is 48.0 Å². The molecule has 1 amide bonds. The van der Waals surface area contributed by atoms with Crippen LogP contribution in [0.25, 0.3) is 0 Å². The first-order valence-corrected chi connectivity index (χ1v) is 7.60. The molecule has 3 nitrogen and oxygen atoms in total. The zero-order chi connectivity index (χ0) is 11.2. The van der Waals surface area contributed by atoms with Gasteiger partial charge in [-0.25, -0.2) is 0 Å². The highest BCUT2D eigenvalue weighted by Crippen LogP contribution is 2.14. The van der Waals surface area contributed by atoms with Crippen molar-refractivity contribution in [3.63, 3.8) is 0 Å². The lowest BCUT2D eigenvalue weighted by Gasteiger charge is -2.23. The van der Waals surface area contributed by atoms with E-state index in [0.717, 1.165) is 38.9 Å². The van der Waals surface area contributed by atoms with Crippen molar-refractivity contribution in [3.05, 3.63) is 0 Å². The van der Waals surface area contributed by atoms with Gasteiger partial charge in [0.25, 0.3) is 0 Å². The fraction of sp³-hybridized carbons (Fsp3) is 0.917. The van der Waals surface area contributed by atoms with Gasteiger partial charge in [0.1, 0.15) is 0 Å². The molecule has 2 aliphatic rings. The normalized spacial score (nSPS) is 26.0. The van der Waals surface area contributed by atoms with Crippen molar-refractivity contribution in [2.24, 2.45) is 0 Å². The second kappa shape index (κ2) is 6.50. The van der Waals surface area contributed by atoms with E-state index in [9.17, 15) is 4.79 Å². The number of nitrogens with one attached hydrogen (secondary N) is 1. The molecule has 0 aliphatic carbocycles. The Bertz CT molecular complexity index is 223. The van der Waals surface area contributed by atoms with Gasteiger partial charge in [-0.1, -0.05) is 0 Å². The number of rotatable bonds is 4. The fourth-order valence-electron chi connectivity index (χ4n) is 2.43. The first kappa shape index (κ1) is 12.2. The molecule has 92 valence electrons. The van der Waals surface area contributed by atoms with Crippen LogP contribution in [0.1, 0.15) is 32.1 Å². The van der Waals surface area contributed by atoms with E-state index in [0.29, 0.717) is 11.9 Å². The topological polar surface area (TPSA) is 32.3 Å². The minimum absolute atomic E-state index is 0.376. The summed E-state index contributed by atoms with van der Waals surface area (Å²) in [6, 6.07) is 0.644. The lowest BCUT2D eigenvalue weighted by atomic mass is 10.1. The van der Waals surface area contributed by atoms with Crippen molar-refractivity contribution in [1.29, 1.82) is 0 Å². The van der Waals surface area contributed by atoms with E-state index in [4.69, 9.17) is 0 Å². The summed E-state index contributed by atoms with van der Waals surface area (Å²) in [5.41, 5.74) is 0. The molecular formula is C12H22N2OS. The number of nitrogens with zero attached hydrogens (tertiary/aromatic N) is 1. The van der Waals surface area contributed by atoms with Gasteiger partial charge in [-0.3, -0.25) is 4.79 Å². The Morgan fingerprint density at radius 2 is 2.19 bits per heavy atom. The molecule has 0 radical (unpaired) electrons. The second-order valence-electron chi connectivity index (χ2n) is 4.71. The van der Waals surface area contributed by atoms with Crippen LogP contribution in [0.5, 0.6) is 0 Å².